The summed E-state index contributed by atoms with van der Waals surface area (Å²) in [7, 11) is 0. The number of para-hydroxylation sites is 1. The smallest absolute Gasteiger partial charge is 0.101 e. The van der Waals surface area contributed by atoms with Crippen molar-refractivity contribution in [1.29, 1.82) is 5.26 Å². The molecule has 0 aliphatic carbocycles. The molecule has 1 aromatic carbocycles. The molecule has 14 heavy (non-hydrogen) atoms. The van der Waals surface area contributed by atoms with E-state index in [1.165, 1.54) is 0 Å². The van der Waals surface area contributed by atoms with Crippen molar-refractivity contribution in [2.45, 2.75) is 13.3 Å². The second-order valence-corrected chi connectivity index (χ2v) is 3.11. The zero-order chi connectivity index (χ0) is 10.4. The van der Waals surface area contributed by atoms with Gasteiger partial charge in [0.15, 0.2) is 0 Å². The van der Waals surface area contributed by atoms with Crippen molar-refractivity contribution < 1.29 is 0 Å². The Labute approximate surface area is 84.9 Å². The van der Waals surface area contributed by atoms with E-state index in [-0.39, 0.29) is 0 Å². The van der Waals surface area contributed by atoms with Crippen molar-refractivity contribution >= 4 is 5.69 Å². The molecule has 0 fully saturated rings. The molecule has 2 nitrogen and oxygen atoms in total. The van der Waals surface area contributed by atoms with Gasteiger partial charge in [0, 0.05) is 6.54 Å². The third-order valence-corrected chi connectivity index (χ3v) is 2.04. The first-order valence-electron chi connectivity index (χ1n) is 4.64. The fraction of sp³-hybridized carbons (Fsp3) is 0.250. The molecular formula is C12H14N2. The minimum atomic E-state index is 0.703. The molecule has 72 valence electrons. The number of rotatable bonds is 4. The Morgan fingerprint density at radius 3 is 3.00 bits per heavy atom. The Morgan fingerprint density at radius 2 is 2.36 bits per heavy atom. The minimum absolute atomic E-state index is 0.703. The van der Waals surface area contributed by atoms with Gasteiger partial charge in [-0.1, -0.05) is 18.2 Å². The summed E-state index contributed by atoms with van der Waals surface area (Å²) in [5, 5.41) is 12.1. The lowest BCUT2D eigenvalue weighted by atomic mass is 10.1. The van der Waals surface area contributed by atoms with Gasteiger partial charge < -0.3 is 5.32 Å². The lowest BCUT2D eigenvalue weighted by Gasteiger charge is -2.09. The number of benzene rings is 1. The Bertz CT molecular complexity index is 361. The van der Waals surface area contributed by atoms with E-state index in [4.69, 9.17) is 5.26 Å². The second kappa shape index (κ2) is 5.08. The van der Waals surface area contributed by atoms with E-state index < -0.39 is 0 Å². The molecule has 0 atom stereocenters. The highest BCUT2D eigenvalue weighted by Gasteiger charge is 2.02. The van der Waals surface area contributed by atoms with Gasteiger partial charge >= 0.3 is 0 Å². The minimum Gasteiger partial charge on any atom is -0.383 e. The predicted octanol–water partition coefficient (Wildman–Crippen LogP) is 2.85. The number of aryl methyl sites for hydroxylation is 1. The van der Waals surface area contributed by atoms with Crippen molar-refractivity contribution in [1.82, 2.24) is 0 Å². The summed E-state index contributed by atoms with van der Waals surface area (Å²) in [4.78, 5) is 0. The van der Waals surface area contributed by atoms with Crippen LogP contribution in [0.2, 0.25) is 0 Å². The standard InChI is InChI=1S/C12H14N2/c1-3-4-8-14-12-10(2)6-5-7-11(12)9-13/h3,5-7,14H,1,4,8H2,2H3. The highest BCUT2D eigenvalue weighted by atomic mass is 14.9. The van der Waals surface area contributed by atoms with Crippen LogP contribution in [0, 0.1) is 18.3 Å². The van der Waals surface area contributed by atoms with Crippen molar-refractivity contribution in [3.05, 3.63) is 42.0 Å². The SMILES string of the molecule is C=CCCNc1c(C)cccc1C#N. The van der Waals surface area contributed by atoms with Crippen LogP contribution in [-0.4, -0.2) is 6.54 Å². The maximum atomic E-state index is 8.89. The largest absolute Gasteiger partial charge is 0.383 e. The summed E-state index contributed by atoms with van der Waals surface area (Å²) in [5.74, 6) is 0. The number of nitrogens with zero attached hydrogens (tertiary/aromatic N) is 1. The van der Waals surface area contributed by atoms with Gasteiger partial charge in [-0.3, -0.25) is 0 Å². The number of nitriles is 1. The Balaban J connectivity index is 2.83. The van der Waals surface area contributed by atoms with Gasteiger partial charge in [-0.2, -0.15) is 5.26 Å². The Hall–Kier alpha value is -1.75. The third-order valence-electron chi connectivity index (χ3n) is 2.04. The molecule has 0 aromatic heterocycles. The summed E-state index contributed by atoms with van der Waals surface area (Å²) < 4.78 is 0. The summed E-state index contributed by atoms with van der Waals surface area (Å²) in [6, 6.07) is 7.89. The third kappa shape index (κ3) is 2.37. The van der Waals surface area contributed by atoms with E-state index in [2.05, 4.69) is 18.0 Å². The number of nitrogens with one attached hydrogen (secondary N) is 1. The highest BCUT2D eigenvalue weighted by Crippen LogP contribution is 2.19. The van der Waals surface area contributed by atoms with E-state index in [0.29, 0.717) is 5.56 Å². The first kappa shape index (κ1) is 10.3. The normalized spacial score (nSPS) is 9.14. The molecule has 0 amide bonds. The van der Waals surface area contributed by atoms with E-state index in [1.54, 1.807) is 0 Å². The molecule has 0 bridgehead atoms. The van der Waals surface area contributed by atoms with Gasteiger partial charge in [-0.25, -0.2) is 0 Å². The lowest BCUT2D eigenvalue weighted by molar-refractivity contribution is 1.06. The summed E-state index contributed by atoms with van der Waals surface area (Å²) in [5.41, 5.74) is 2.75. The Kier molecular flexibility index (Phi) is 3.75. The van der Waals surface area contributed by atoms with Crippen LogP contribution in [0.15, 0.2) is 30.9 Å². The molecule has 0 unspecified atom stereocenters. The Morgan fingerprint density at radius 1 is 1.57 bits per heavy atom. The fourth-order valence-corrected chi connectivity index (χ4v) is 1.29. The molecule has 0 saturated heterocycles. The number of hydrogen-bond acceptors (Lipinski definition) is 2. The molecule has 1 N–H and O–H groups in total. The van der Waals surface area contributed by atoms with Crippen LogP contribution in [0.25, 0.3) is 0 Å². The van der Waals surface area contributed by atoms with Crippen LogP contribution in [0.1, 0.15) is 17.5 Å². The maximum absolute atomic E-state index is 8.89. The molecule has 0 aliphatic rings. The van der Waals surface area contributed by atoms with Crippen LogP contribution in [0.3, 0.4) is 0 Å². The van der Waals surface area contributed by atoms with Crippen molar-refractivity contribution in [2.75, 3.05) is 11.9 Å². The fourth-order valence-electron chi connectivity index (χ4n) is 1.29. The molecular weight excluding hydrogens is 172 g/mol. The molecule has 0 aliphatic heterocycles. The first-order chi connectivity index (χ1) is 6.79. The molecule has 2 heteroatoms. The zero-order valence-corrected chi connectivity index (χ0v) is 8.38. The van der Waals surface area contributed by atoms with Gasteiger partial charge in [0.1, 0.15) is 6.07 Å². The monoisotopic (exact) mass is 186 g/mol. The van der Waals surface area contributed by atoms with Gasteiger partial charge in [-0.15, -0.1) is 6.58 Å². The predicted molar refractivity (Wildman–Crippen MR) is 59.2 cm³/mol. The topological polar surface area (TPSA) is 35.8 Å². The zero-order valence-electron chi connectivity index (χ0n) is 8.38. The molecule has 1 aromatic rings. The molecule has 0 heterocycles. The van der Waals surface area contributed by atoms with E-state index >= 15 is 0 Å². The molecule has 0 radical (unpaired) electrons. The van der Waals surface area contributed by atoms with E-state index in [9.17, 15) is 0 Å². The summed E-state index contributed by atoms with van der Waals surface area (Å²) in [6.07, 6.45) is 2.76. The van der Waals surface area contributed by atoms with E-state index in [1.807, 2.05) is 31.2 Å². The van der Waals surface area contributed by atoms with Crippen LogP contribution in [-0.2, 0) is 0 Å². The van der Waals surface area contributed by atoms with Gasteiger partial charge in [0.25, 0.3) is 0 Å². The average molecular weight is 186 g/mol. The van der Waals surface area contributed by atoms with Crippen molar-refractivity contribution in [3.63, 3.8) is 0 Å². The molecule has 1 rings (SSSR count). The van der Waals surface area contributed by atoms with Crippen LogP contribution < -0.4 is 5.32 Å². The maximum Gasteiger partial charge on any atom is 0.101 e. The summed E-state index contributed by atoms with van der Waals surface area (Å²) in [6.45, 7) is 6.47. The van der Waals surface area contributed by atoms with Gasteiger partial charge in [-0.05, 0) is 25.0 Å². The van der Waals surface area contributed by atoms with Gasteiger partial charge in [0.05, 0.1) is 11.3 Å². The summed E-state index contributed by atoms with van der Waals surface area (Å²) >= 11 is 0. The van der Waals surface area contributed by atoms with E-state index in [0.717, 1.165) is 24.2 Å². The van der Waals surface area contributed by atoms with Gasteiger partial charge in [0.2, 0.25) is 0 Å². The van der Waals surface area contributed by atoms with Crippen LogP contribution >= 0.6 is 0 Å². The van der Waals surface area contributed by atoms with Crippen molar-refractivity contribution in [3.8, 4) is 6.07 Å². The molecule has 0 saturated carbocycles. The van der Waals surface area contributed by atoms with Crippen molar-refractivity contribution in [2.24, 2.45) is 0 Å². The first-order valence-corrected chi connectivity index (χ1v) is 4.64. The highest BCUT2D eigenvalue weighted by molar-refractivity contribution is 5.62. The van der Waals surface area contributed by atoms with Crippen LogP contribution in [0.5, 0.6) is 0 Å². The number of anilines is 1. The van der Waals surface area contributed by atoms with Crippen LogP contribution in [0.4, 0.5) is 5.69 Å². The quantitative estimate of drug-likeness (QED) is 0.579. The number of hydrogen-bond donors (Lipinski definition) is 1. The molecule has 0 spiro atoms. The second-order valence-electron chi connectivity index (χ2n) is 3.11. The lowest BCUT2D eigenvalue weighted by Crippen LogP contribution is -2.03. The average Bonchev–Trinajstić information content (AvgIpc) is 2.20.